The molecule has 0 saturated carbocycles. The van der Waals surface area contributed by atoms with E-state index in [-0.39, 0.29) is 12.3 Å². The van der Waals surface area contributed by atoms with E-state index in [1.165, 1.54) is 0 Å². The van der Waals surface area contributed by atoms with Crippen LogP contribution in [-0.4, -0.2) is 0 Å². The molecule has 0 heterocycles. The van der Waals surface area contributed by atoms with Crippen molar-refractivity contribution in [2.24, 2.45) is 0 Å². The van der Waals surface area contributed by atoms with Gasteiger partial charge < -0.3 is 0 Å². The van der Waals surface area contributed by atoms with Crippen LogP contribution in [0.15, 0.2) is 48.5 Å². The Labute approximate surface area is 134 Å². The quantitative estimate of drug-likeness (QED) is 0.769. The molecule has 0 aliphatic heterocycles. The molecule has 2 aromatic rings. The van der Waals surface area contributed by atoms with Crippen LogP contribution in [0.4, 0.5) is 0 Å². The summed E-state index contributed by atoms with van der Waals surface area (Å²) >= 11 is 12.2. The molecule has 0 aliphatic rings. The van der Waals surface area contributed by atoms with E-state index in [1.54, 1.807) is 18.2 Å². The number of rotatable bonds is 4. The maximum atomic E-state index is 9.59. The van der Waals surface area contributed by atoms with Crippen LogP contribution in [0, 0.1) is 22.7 Å². The van der Waals surface area contributed by atoms with Crippen molar-refractivity contribution < 1.29 is 0 Å². The van der Waals surface area contributed by atoms with E-state index in [0.717, 1.165) is 5.56 Å². The summed E-state index contributed by atoms with van der Waals surface area (Å²) in [5.74, 6) is -0.754. The number of benzene rings is 2. The van der Waals surface area contributed by atoms with Gasteiger partial charge in [-0.05, 0) is 29.3 Å². The van der Waals surface area contributed by atoms with Crippen molar-refractivity contribution in [2.75, 3.05) is 0 Å². The van der Waals surface area contributed by atoms with E-state index in [1.807, 2.05) is 30.3 Å². The van der Waals surface area contributed by atoms with Gasteiger partial charge >= 0.3 is 0 Å². The number of hydrogen-bond donors (Lipinski definition) is 0. The Balaban J connectivity index is 2.49. The lowest BCUT2D eigenvalue weighted by molar-refractivity contribution is 0.641. The Bertz CT molecular complexity index is 699. The summed E-state index contributed by atoms with van der Waals surface area (Å²) in [4.78, 5) is 0. The Morgan fingerprint density at radius 3 is 2.33 bits per heavy atom. The summed E-state index contributed by atoms with van der Waals surface area (Å²) in [5.41, 5.74) is 1.61. The summed E-state index contributed by atoms with van der Waals surface area (Å²) in [5, 5.41) is 19.7. The van der Waals surface area contributed by atoms with Crippen molar-refractivity contribution in [3.8, 4) is 12.1 Å². The molecule has 21 heavy (non-hydrogen) atoms. The van der Waals surface area contributed by atoms with E-state index in [2.05, 4.69) is 12.1 Å². The van der Waals surface area contributed by atoms with Gasteiger partial charge in [-0.1, -0.05) is 53.5 Å². The Morgan fingerprint density at radius 2 is 1.71 bits per heavy atom. The maximum absolute atomic E-state index is 9.59. The van der Waals surface area contributed by atoms with E-state index >= 15 is 0 Å². The standard InChI is InChI=1S/C17H12Cl2N2/c18-13-6-7-17(19)15(10-13)16(11-21)14(8-9-20)12-4-2-1-3-5-12/h1-7,10,14,16H,8H2/t14-,16+/m1/s1. The second-order valence-corrected chi connectivity index (χ2v) is 5.50. The van der Waals surface area contributed by atoms with Crippen LogP contribution in [0.3, 0.4) is 0 Å². The van der Waals surface area contributed by atoms with Gasteiger partial charge in [0.2, 0.25) is 0 Å². The molecule has 0 saturated heterocycles. The predicted octanol–water partition coefficient (Wildman–Crippen LogP) is 5.30. The van der Waals surface area contributed by atoms with E-state index in [0.29, 0.717) is 15.6 Å². The molecule has 4 heteroatoms. The number of nitriles is 2. The summed E-state index contributed by atoms with van der Waals surface area (Å²) < 4.78 is 0. The molecule has 104 valence electrons. The smallest absolute Gasteiger partial charge is 0.0805 e. The summed E-state index contributed by atoms with van der Waals surface area (Å²) in [6.45, 7) is 0. The van der Waals surface area contributed by atoms with Gasteiger partial charge in [0.1, 0.15) is 0 Å². The fourth-order valence-corrected chi connectivity index (χ4v) is 2.77. The summed E-state index contributed by atoms with van der Waals surface area (Å²) in [7, 11) is 0. The Kier molecular flexibility index (Phi) is 5.23. The predicted molar refractivity (Wildman–Crippen MR) is 84.2 cm³/mol. The second kappa shape index (κ2) is 7.14. The van der Waals surface area contributed by atoms with Gasteiger partial charge in [0.25, 0.3) is 0 Å². The molecule has 2 rings (SSSR count). The lowest BCUT2D eigenvalue weighted by Crippen LogP contribution is -2.10. The molecule has 2 nitrogen and oxygen atoms in total. The summed E-state index contributed by atoms with van der Waals surface area (Å²) in [6, 6.07) is 19.0. The molecule has 0 amide bonds. The average molecular weight is 315 g/mol. The maximum Gasteiger partial charge on any atom is 0.0805 e. The van der Waals surface area contributed by atoms with Crippen LogP contribution in [0.2, 0.25) is 10.0 Å². The fraction of sp³-hybridized carbons (Fsp3) is 0.176. The van der Waals surface area contributed by atoms with Crippen LogP contribution in [0.5, 0.6) is 0 Å². The fourth-order valence-electron chi connectivity index (χ4n) is 2.36. The topological polar surface area (TPSA) is 47.6 Å². The lowest BCUT2D eigenvalue weighted by Gasteiger charge is -2.21. The van der Waals surface area contributed by atoms with Gasteiger partial charge in [0, 0.05) is 22.4 Å². The third-order valence-electron chi connectivity index (χ3n) is 3.37. The molecule has 2 aromatic carbocycles. The zero-order chi connectivity index (χ0) is 15.2. The van der Waals surface area contributed by atoms with Crippen molar-refractivity contribution in [2.45, 2.75) is 18.3 Å². The number of nitrogens with zero attached hydrogens (tertiary/aromatic N) is 2. The molecular weight excluding hydrogens is 303 g/mol. The molecular formula is C17H12Cl2N2. The molecule has 2 atom stereocenters. The average Bonchev–Trinajstić information content (AvgIpc) is 2.51. The van der Waals surface area contributed by atoms with Crippen molar-refractivity contribution in [1.29, 1.82) is 10.5 Å². The van der Waals surface area contributed by atoms with Crippen molar-refractivity contribution in [3.63, 3.8) is 0 Å². The van der Waals surface area contributed by atoms with Gasteiger partial charge in [0.15, 0.2) is 0 Å². The first-order valence-corrected chi connectivity index (χ1v) is 7.19. The van der Waals surface area contributed by atoms with Crippen LogP contribution >= 0.6 is 23.2 Å². The molecule has 0 bridgehead atoms. The van der Waals surface area contributed by atoms with E-state index in [4.69, 9.17) is 28.5 Å². The molecule has 0 aliphatic carbocycles. The van der Waals surface area contributed by atoms with Gasteiger partial charge in [-0.25, -0.2) is 0 Å². The molecule has 0 aromatic heterocycles. The van der Waals surface area contributed by atoms with Crippen molar-refractivity contribution in [1.82, 2.24) is 0 Å². The van der Waals surface area contributed by atoms with Crippen LogP contribution in [0.25, 0.3) is 0 Å². The monoisotopic (exact) mass is 314 g/mol. The minimum atomic E-state index is -0.516. The highest BCUT2D eigenvalue weighted by molar-refractivity contribution is 6.33. The van der Waals surface area contributed by atoms with Crippen LogP contribution < -0.4 is 0 Å². The number of hydrogen-bond acceptors (Lipinski definition) is 2. The Morgan fingerprint density at radius 1 is 1.00 bits per heavy atom. The molecule has 0 N–H and O–H groups in total. The molecule has 0 unspecified atom stereocenters. The minimum absolute atomic E-state index is 0.239. The lowest BCUT2D eigenvalue weighted by atomic mass is 9.80. The highest BCUT2D eigenvalue weighted by Gasteiger charge is 2.26. The first-order chi connectivity index (χ1) is 10.2. The highest BCUT2D eigenvalue weighted by Crippen LogP contribution is 2.39. The number of halogens is 2. The first-order valence-electron chi connectivity index (χ1n) is 6.44. The SMILES string of the molecule is N#CC[C@H](c1ccccc1)[C@H](C#N)c1cc(Cl)ccc1Cl. The highest BCUT2D eigenvalue weighted by atomic mass is 35.5. The largest absolute Gasteiger partial charge is 0.198 e. The second-order valence-electron chi connectivity index (χ2n) is 4.65. The van der Waals surface area contributed by atoms with E-state index < -0.39 is 5.92 Å². The van der Waals surface area contributed by atoms with Crippen LogP contribution in [-0.2, 0) is 0 Å². The third-order valence-corrected chi connectivity index (χ3v) is 3.95. The zero-order valence-electron chi connectivity index (χ0n) is 11.1. The normalized spacial score (nSPS) is 13.0. The molecule has 0 fully saturated rings. The zero-order valence-corrected chi connectivity index (χ0v) is 12.6. The van der Waals surface area contributed by atoms with Crippen LogP contribution in [0.1, 0.15) is 29.4 Å². The van der Waals surface area contributed by atoms with Crippen molar-refractivity contribution in [3.05, 3.63) is 69.7 Å². The summed E-state index contributed by atoms with van der Waals surface area (Å²) in [6.07, 6.45) is 0.241. The van der Waals surface area contributed by atoms with Gasteiger partial charge in [0.05, 0.1) is 18.1 Å². The third kappa shape index (κ3) is 3.56. The minimum Gasteiger partial charge on any atom is -0.198 e. The molecule has 0 spiro atoms. The molecule has 0 radical (unpaired) electrons. The van der Waals surface area contributed by atoms with Gasteiger partial charge in [-0.15, -0.1) is 0 Å². The first kappa shape index (κ1) is 15.4. The van der Waals surface area contributed by atoms with E-state index in [9.17, 15) is 5.26 Å². The van der Waals surface area contributed by atoms with Gasteiger partial charge in [-0.2, -0.15) is 10.5 Å². The van der Waals surface area contributed by atoms with Gasteiger partial charge in [-0.3, -0.25) is 0 Å². The Hall–Kier alpha value is -2.00. The van der Waals surface area contributed by atoms with Crippen molar-refractivity contribution >= 4 is 23.2 Å².